The second-order valence-electron chi connectivity index (χ2n) is 6.84. The van der Waals surface area contributed by atoms with Crippen LogP contribution >= 0.6 is 0 Å². The van der Waals surface area contributed by atoms with E-state index in [0.29, 0.717) is 5.69 Å². The summed E-state index contributed by atoms with van der Waals surface area (Å²) < 4.78 is 66.6. The van der Waals surface area contributed by atoms with Crippen LogP contribution < -0.4 is 9.62 Å². The van der Waals surface area contributed by atoms with Crippen LogP contribution in [0.4, 0.5) is 24.5 Å². The largest absolute Gasteiger partial charge is 0.418 e. The normalized spacial score (nSPS) is 11.8. The topological polar surface area (TPSA) is 66.5 Å². The Kier molecular flexibility index (Phi) is 6.08. The minimum absolute atomic E-state index is 0.0873. The Bertz CT molecular complexity index is 1220. The lowest BCUT2D eigenvalue weighted by atomic mass is 10.1. The quantitative estimate of drug-likeness (QED) is 0.591. The van der Waals surface area contributed by atoms with Gasteiger partial charge in [0, 0.05) is 12.6 Å². The van der Waals surface area contributed by atoms with E-state index >= 15 is 0 Å². The average molecular weight is 448 g/mol. The first kappa shape index (κ1) is 22.4. The van der Waals surface area contributed by atoms with E-state index < -0.39 is 33.4 Å². The van der Waals surface area contributed by atoms with Gasteiger partial charge in [0.15, 0.2) is 0 Å². The molecule has 1 N–H and O–H groups in total. The maximum absolute atomic E-state index is 13.2. The number of sulfonamides is 1. The highest BCUT2D eigenvalue weighted by Gasteiger charge is 2.33. The lowest BCUT2D eigenvalue weighted by molar-refractivity contribution is -0.136. The molecule has 0 unspecified atom stereocenters. The van der Waals surface area contributed by atoms with Crippen molar-refractivity contribution in [2.45, 2.75) is 18.0 Å². The van der Waals surface area contributed by atoms with Crippen molar-refractivity contribution in [1.82, 2.24) is 0 Å². The van der Waals surface area contributed by atoms with Crippen LogP contribution in [0.15, 0.2) is 77.7 Å². The number of benzene rings is 3. The SMILES string of the molecule is Cc1cccc(N(C)S(=O)(=O)c2cccc(C(=O)Nc3ccccc3C(F)(F)F)c2)c1. The maximum Gasteiger partial charge on any atom is 0.418 e. The van der Waals surface area contributed by atoms with E-state index in [1.54, 1.807) is 18.2 Å². The highest BCUT2D eigenvalue weighted by Crippen LogP contribution is 2.34. The van der Waals surface area contributed by atoms with Gasteiger partial charge in [0.05, 0.1) is 21.8 Å². The number of hydrogen-bond donors (Lipinski definition) is 1. The van der Waals surface area contributed by atoms with Gasteiger partial charge < -0.3 is 5.32 Å². The van der Waals surface area contributed by atoms with E-state index in [4.69, 9.17) is 0 Å². The van der Waals surface area contributed by atoms with Gasteiger partial charge in [0.25, 0.3) is 15.9 Å². The van der Waals surface area contributed by atoms with Gasteiger partial charge in [0.1, 0.15) is 0 Å². The number of para-hydroxylation sites is 1. The molecule has 0 heterocycles. The average Bonchev–Trinajstić information content (AvgIpc) is 2.73. The highest BCUT2D eigenvalue weighted by molar-refractivity contribution is 7.92. The first-order valence-corrected chi connectivity index (χ1v) is 10.6. The van der Waals surface area contributed by atoms with Crippen LogP contribution in [0.2, 0.25) is 0 Å². The van der Waals surface area contributed by atoms with Gasteiger partial charge in [-0.1, -0.05) is 30.3 Å². The van der Waals surface area contributed by atoms with Crippen molar-refractivity contribution in [3.8, 4) is 0 Å². The lowest BCUT2D eigenvalue weighted by Gasteiger charge is -2.20. The molecule has 0 aliphatic heterocycles. The minimum atomic E-state index is -4.65. The number of anilines is 2. The monoisotopic (exact) mass is 448 g/mol. The molecule has 0 radical (unpaired) electrons. The molecule has 3 aromatic carbocycles. The molecule has 31 heavy (non-hydrogen) atoms. The molecule has 0 aromatic heterocycles. The molecule has 0 saturated carbocycles. The molecule has 0 bridgehead atoms. The number of amides is 1. The number of nitrogens with zero attached hydrogens (tertiary/aromatic N) is 1. The molecule has 3 rings (SSSR count). The first-order valence-electron chi connectivity index (χ1n) is 9.13. The van der Waals surface area contributed by atoms with Crippen LogP contribution in [-0.2, 0) is 16.2 Å². The third-order valence-electron chi connectivity index (χ3n) is 4.60. The minimum Gasteiger partial charge on any atom is -0.321 e. The Hall–Kier alpha value is -3.33. The Balaban J connectivity index is 1.91. The van der Waals surface area contributed by atoms with Crippen LogP contribution in [0, 0.1) is 6.92 Å². The summed E-state index contributed by atoms with van der Waals surface area (Å²) in [5, 5.41) is 2.21. The maximum atomic E-state index is 13.2. The highest BCUT2D eigenvalue weighted by atomic mass is 32.2. The molecule has 0 spiro atoms. The molecule has 0 aliphatic carbocycles. The molecule has 1 amide bonds. The number of halogens is 3. The van der Waals surface area contributed by atoms with Gasteiger partial charge in [-0.05, 0) is 55.0 Å². The van der Waals surface area contributed by atoms with Crippen molar-refractivity contribution in [3.05, 3.63) is 89.5 Å². The first-order chi connectivity index (χ1) is 14.5. The zero-order chi connectivity index (χ0) is 22.8. The zero-order valence-corrected chi connectivity index (χ0v) is 17.5. The second kappa shape index (κ2) is 8.43. The summed E-state index contributed by atoms with van der Waals surface area (Å²) >= 11 is 0. The molecular weight excluding hydrogens is 429 g/mol. The van der Waals surface area contributed by atoms with Crippen molar-refractivity contribution in [3.63, 3.8) is 0 Å². The van der Waals surface area contributed by atoms with Crippen LogP contribution in [0.1, 0.15) is 21.5 Å². The molecule has 162 valence electrons. The number of hydrogen-bond acceptors (Lipinski definition) is 3. The van der Waals surface area contributed by atoms with Gasteiger partial charge in [-0.25, -0.2) is 8.42 Å². The van der Waals surface area contributed by atoms with E-state index in [1.807, 2.05) is 13.0 Å². The van der Waals surface area contributed by atoms with Gasteiger partial charge in [0.2, 0.25) is 0 Å². The van der Waals surface area contributed by atoms with Gasteiger partial charge in [-0.2, -0.15) is 13.2 Å². The number of carbonyl (C=O) groups excluding carboxylic acids is 1. The lowest BCUT2D eigenvalue weighted by Crippen LogP contribution is -2.27. The molecule has 0 fully saturated rings. The Morgan fingerprint density at radius 2 is 1.61 bits per heavy atom. The van der Waals surface area contributed by atoms with Gasteiger partial charge in [-0.15, -0.1) is 0 Å². The van der Waals surface area contributed by atoms with Crippen molar-refractivity contribution < 1.29 is 26.4 Å². The van der Waals surface area contributed by atoms with Crippen LogP contribution in [0.3, 0.4) is 0 Å². The summed E-state index contributed by atoms with van der Waals surface area (Å²) in [6.45, 7) is 1.83. The summed E-state index contributed by atoms with van der Waals surface area (Å²) in [5.41, 5.74) is -0.183. The van der Waals surface area contributed by atoms with E-state index in [1.165, 1.54) is 37.4 Å². The van der Waals surface area contributed by atoms with Crippen LogP contribution in [0.25, 0.3) is 0 Å². The van der Waals surface area contributed by atoms with E-state index in [-0.39, 0.29) is 10.5 Å². The molecule has 0 saturated heterocycles. The second-order valence-corrected chi connectivity index (χ2v) is 8.81. The number of rotatable bonds is 5. The molecular formula is C22H19F3N2O3S. The standard InChI is InChI=1S/C22H19F3N2O3S/c1-15-7-5-9-17(13-15)27(2)31(29,30)18-10-6-8-16(14-18)21(28)26-20-12-4-3-11-19(20)22(23,24)25/h3-14H,1-2H3,(H,26,28). The number of carbonyl (C=O) groups is 1. The van der Waals surface area contributed by atoms with Crippen molar-refractivity contribution in [1.29, 1.82) is 0 Å². The number of aryl methyl sites for hydroxylation is 1. The van der Waals surface area contributed by atoms with E-state index in [2.05, 4.69) is 5.32 Å². The smallest absolute Gasteiger partial charge is 0.321 e. The predicted octanol–water partition coefficient (Wildman–Crippen LogP) is 5.09. The van der Waals surface area contributed by atoms with Crippen molar-refractivity contribution >= 4 is 27.3 Å². The number of alkyl halides is 3. The Morgan fingerprint density at radius 1 is 0.935 bits per heavy atom. The number of nitrogens with one attached hydrogen (secondary N) is 1. The fourth-order valence-corrected chi connectivity index (χ4v) is 4.19. The third-order valence-corrected chi connectivity index (χ3v) is 6.38. The zero-order valence-electron chi connectivity index (χ0n) is 16.6. The molecule has 3 aromatic rings. The summed E-state index contributed by atoms with van der Waals surface area (Å²) in [6, 6.07) is 16.6. The predicted molar refractivity (Wildman–Crippen MR) is 113 cm³/mol. The fraction of sp³-hybridized carbons (Fsp3) is 0.136. The third kappa shape index (κ3) is 4.88. The molecule has 9 heteroatoms. The van der Waals surface area contributed by atoms with Crippen molar-refractivity contribution in [2.24, 2.45) is 0 Å². The molecule has 0 atom stereocenters. The Morgan fingerprint density at radius 3 is 2.29 bits per heavy atom. The van der Waals surface area contributed by atoms with Crippen LogP contribution in [-0.4, -0.2) is 21.4 Å². The Labute approximate surface area is 178 Å². The van der Waals surface area contributed by atoms with E-state index in [9.17, 15) is 26.4 Å². The summed E-state index contributed by atoms with van der Waals surface area (Å²) in [5.74, 6) is -0.855. The van der Waals surface area contributed by atoms with Gasteiger partial charge in [-0.3, -0.25) is 9.10 Å². The molecule has 5 nitrogen and oxygen atoms in total. The summed E-state index contributed by atoms with van der Waals surface area (Å²) in [4.78, 5) is 12.4. The summed E-state index contributed by atoms with van der Waals surface area (Å²) in [6.07, 6.45) is -4.65. The van der Waals surface area contributed by atoms with Crippen LogP contribution in [0.5, 0.6) is 0 Å². The van der Waals surface area contributed by atoms with Crippen molar-refractivity contribution in [2.75, 3.05) is 16.7 Å². The summed E-state index contributed by atoms with van der Waals surface area (Å²) in [7, 11) is -2.61. The molecule has 0 aliphatic rings. The van der Waals surface area contributed by atoms with Gasteiger partial charge >= 0.3 is 6.18 Å². The van der Waals surface area contributed by atoms with E-state index in [0.717, 1.165) is 28.1 Å². The fourth-order valence-electron chi connectivity index (χ4n) is 2.95.